The van der Waals surface area contributed by atoms with Crippen LogP contribution in [0.15, 0.2) is 0 Å². The molecule has 0 saturated carbocycles. The van der Waals surface area contributed by atoms with Crippen molar-refractivity contribution in [3.05, 3.63) is 0 Å². The highest BCUT2D eigenvalue weighted by atomic mass is 16.7. The van der Waals surface area contributed by atoms with Crippen molar-refractivity contribution in [2.45, 2.75) is 26.2 Å². The highest BCUT2D eigenvalue weighted by Gasteiger charge is 2.35. The lowest BCUT2D eigenvalue weighted by molar-refractivity contribution is -0.200. The van der Waals surface area contributed by atoms with Gasteiger partial charge in [-0.1, -0.05) is 0 Å². The average molecular weight is 243 g/mol. The minimum Gasteiger partial charge on any atom is -0.396 e. The van der Waals surface area contributed by atoms with Gasteiger partial charge in [-0.3, -0.25) is 14.4 Å². The van der Waals surface area contributed by atoms with Crippen LogP contribution in [0, 0.1) is 5.92 Å². The van der Waals surface area contributed by atoms with Gasteiger partial charge in [0.15, 0.2) is 0 Å². The summed E-state index contributed by atoms with van der Waals surface area (Å²) in [5.74, 6) is -3.76. The Balaban J connectivity index is 2.57. The Hall–Kier alpha value is -1.76. The van der Waals surface area contributed by atoms with Gasteiger partial charge in [0.1, 0.15) is 11.7 Å². The number of carbonyl (C=O) groups excluding carboxylic acids is 4. The van der Waals surface area contributed by atoms with Crippen LogP contribution in [0.5, 0.6) is 0 Å². The molecule has 2 amide bonds. The van der Waals surface area contributed by atoms with E-state index in [0.717, 1.165) is 0 Å². The summed E-state index contributed by atoms with van der Waals surface area (Å²) in [5.41, 5.74) is 0. The van der Waals surface area contributed by atoms with Crippen LogP contribution in [0.1, 0.15) is 26.2 Å². The van der Waals surface area contributed by atoms with Crippen molar-refractivity contribution in [3.63, 3.8) is 0 Å². The largest absolute Gasteiger partial charge is 0.396 e. The first kappa shape index (κ1) is 13.3. The Bertz CT molecular complexity index is 348. The molecule has 1 aliphatic rings. The Morgan fingerprint density at radius 1 is 1.35 bits per heavy atom. The predicted molar refractivity (Wildman–Crippen MR) is 53.1 cm³/mol. The normalized spacial score (nSPS) is 17.2. The summed E-state index contributed by atoms with van der Waals surface area (Å²) in [5, 5.41) is 8.94. The zero-order valence-electron chi connectivity index (χ0n) is 9.34. The molecule has 94 valence electrons. The highest BCUT2D eigenvalue weighted by molar-refractivity contribution is 6.03. The van der Waals surface area contributed by atoms with Crippen molar-refractivity contribution in [2.24, 2.45) is 5.92 Å². The lowest BCUT2D eigenvalue weighted by Crippen LogP contribution is -2.36. The zero-order chi connectivity index (χ0) is 13.0. The zero-order valence-corrected chi connectivity index (χ0v) is 9.34. The van der Waals surface area contributed by atoms with E-state index in [9.17, 15) is 19.2 Å². The van der Waals surface area contributed by atoms with E-state index in [4.69, 9.17) is 5.11 Å². The number of Topliss-reactive ketones (excluding diaryl/α,β-unsaturated/α-hetero) is 1. The van der Waals surface area contributed by atoms with Crippen molar-refractivity contribution >= 4 is 23.6 Å². The van der Waals surface area contributed by atoms with Gasteiger partial charge in [0.25, 0.3) is 11.8 Å². The molecule has 0 bridgehead atoms. The molecule has 7 nitrogen and oxygen atoms in total. The first-order valence-electron chi connectivity index (χ1n) is 5.18. The Morgan fingerprint density at radius 3 is 2.35 bits per heavy atom. The number of amides is 2. The van der Waals surface area contributed by atoms with Gasteiger partial charge in [-0.25, -0.2) is 4.79 Å². The summed E-state index contributed by atoms with van der Waals surface area (Å²) in [7, 11) is 0. The predicted octanol–water partition coefficient (Wildman–Crippen LogP) is -0.819. The summed E-state index contributed by atoms with van der Waals surface area (Å²) in [6, 6.07) is 0. The lowest BCUT2D eigenvalue weighted by Gasteiger charge is -2.15. The SMILES string of the molecule is CC(C(=O)CCO)C(=O)ON1C(=O)CCC1=O. The molecule has 0 spiro atoms. The van der Waals surface area contributed by atoms with Gasteiger partial charge >= 0.3 is 5.97 Å². The number of hydrogen-bond acceptors (Lipinski definition) is 6. The summed E-state index contributed by atoms with van der Waals surface area (Å²) in [6.07, 6.45) is -0.158. The third-order valence-electron chi connectivity index (χ3n) is 2.38. The van der Waals surface area contributed by atoms with Crippen LogP contribution in [0.25, 0.3) is 0 Å². The van der Waals surface area contributed by atoms with E-state index >= 15 is 0 Å². The number of hydrogen-bond donors (Lipinski definition) is 1. The number of hydroxylamine groups is 2. The fraction of sp³-hybridized carbons (Fsp3) is 0.600. The van der Waals surface area contributed by atoms with Crippen LogP contribution in [0.3, 0.4) is 0 Å². The molecule has 1 unspecified atom stereocenters. The average Bonchev–Trinajstić information content (AvgIpc) is 2.60. The summed E-state index contributed by atoms with van der Waals surface area (Å²) in [6.45, 7) is 0.934. The van der Waals surface area contributed by atoms with Crippen molar-refractivity contribution < 1.29 is 29.1 Å². The quantitative estimate of drug-likeness (QED) is 0.500. The van der Waals surface area contributed by atoms with E-state index in [1.54, 1.807) is 0 Å². The second-order valence-corrected chi connectivity index (χ2v) is 3.65. The van der Waals surface area contributed by atoms with Crippen molar-refractivity contribution in [1.29, 1.82) is 0 Å². The number of aliphatic hydroxyl groups excluding tert-OH is 1. The number of carbonyl (C=O) groups is 4. The molecule has 1 N–H and O–H groups in total. The standard InChI is InChI=1S/C10H13NO6/c1-6(7(13)4-5-12)10(16)17-11-8(14)2-3-9(11)15/h6,12H,2-5H2,1H3. The Labute approximate surface area is 97.3 Å². The number of imide groups is 1. The molecule has 1 rings (SSSR count). The fourth-order valence-corrected chi connectivity index (χ4v) is 1.29. The first-order chi connectivity index (χ1) is 7.97. The van der Waals surface area contributed by atoms with Gasteiger partial charge in [-0.2, -0.15) is 0 Å². The third kappa shape index (κ3) is 3.10. The molecule has 1 fully saturated rings. The number of aliphatic hydroxyl groups is 1. The van der Waals surface area contributed by atoms with Crippen LogP contribution in [0.4, 0.5) is 0 Å². The van der Waals surface area contributed by atoms with E-state index < -0.39 is 29.5 Å². The third-order valence-corrected chi connectivity index (χ3v) is 2.38. The second-order valence-electron chi connectivity index (χ2n) is 3.65. The van der Waals surface area contributed by atoms with Gasteiger partial charge < -0.3 is 9.94 Å². The number of ketones is 1. The van der Waals surface area contributed by atoms with Gasteiger partial charge in [0.05, 0.1) is 0 Å². The minimum atomic E-state index is -1.11. The number of nitrogens with zero attached hydrogens (tertiary/aromatic N) is 1. The van der Waals surface area contributed by atoms with Crippen LogP contribution in [-0.4, -0.2) is 40.3 Å². The van der Waals surface area contributed by atoms with E-state index in [-0.39, 0.29) is 25.9 Å². The van der Waals surface area contributed by atoms with E-state index in [2.05, 4.69) is 4.84 Å². The molecule has 17 heavy (non-hydrogen) atoms. The summed E-state index contributed by atoms with van der Waals surface area (Å²) < 4.78 is 0. The maximum Gasteiger partial charge on any atom is 0.343 e. The van der Waals surface area contributed by atoms with E-state index in [0.29, 0.717) is 5.06 Å². The molecule has 0 aliphatic carbocycles. The monoisotopic (exact) mass is 243 g/mol. The molecule has 1 atom stereocenters. The van der Waals surface area contributed by atoms with E-state index in [1.807, 2.05) is 0 Å². The lowest BCUT2D eigenvalue weighted by atomic mass is 10.1. The molecule has 0 radical (unpaired) electrons. The molecule has 1 saturated heterocycles. The molecular weight excluding hydrogens is 230 g/mol. The Kier molecular flexibility index (Phi) is 4.33. The molecular formula is C10H13NO6. The van der Waals surface area contributed by atoms with Crippen molar-refractivity contribution in [1.82, 2.24) is 5.06 Å². The smallest absolute Gasteiger partial charge is 0.343 e. The summed E-state index contributed by atoms with van der Waals surface area (Å²) in [4.78, 5) is 49.5. The second kappa shape index (κ2) is 5.53. The van der Waals surface area contributed by atoms with Crippen LogP contribution in [0.2, 0.25) is 0 Å². The van der Waals surface area contributed by atoms with Gasteiger partial charge in [-0.15, -0.1) is 5.06 Å². The minimum absolute atomic E-state index is 0.00504. The van der Waals surface area contributed by atoms with Gasteiger partial charge in [0, 0.05) is 25.9 Å². The number of rotatable bonds is 5. The van der Waals surface area contributed by atoms with Crippen LogP contribution >= 0.6 is 0 Å². The van der Waals surface area contributed by atoms with Crippen LogP contribution in [-0.2, 0) is 24.0 Å². The fourth-order valence-electron chi connectivity index (χ4n) is 1.29. The maximum atomic E-state index is 11.4. The summed E-state index contributed by atoms with van der Waals surface area (Å²) >= 11 is 0. The molecule has 0 aromatic rings. The molecule has 1 heterocycles. The molecule has 0 aromatic heterocycles. The molecule has 0 aromatic carbocycles. The van der Waals surface area contributed by atoms with Gasteiger partial charge in [-0.05, 0) is 6.92 Å². The maximum absolute atomic E-state index is 11.4. The van der Waals surface area contributed by atoms with Crippen molar-refractivity contribution in [2.75, 3.05) is 6.61 Å². The van der Waals surface area contributed by atoms with Crippen molar-refractivity contribution in [3.8, 4) is 0 Å². The Morgan fingerprint density at radius 2 is 1.88 bits per heavy atom. The van der Waals surface area contributed by atoms with Crippen LogP contribution < -0.4 is 0 Å². The molecule has 1 aliphatic heterocycles. The first-order valence-corrected chi connectivity index (χ1v) is 5.18. The molecule has 7 heteroatoms. The highest BCUT2D eigenvalue weighted by Crippen LogP contribution is 2.14. The van der Waals surface area contributed by atoms with Gasteiger partial charge in [0.2, 0.25) is 0 Å². The topological polar surface area (TPSA) is 101 Å². The van der Waals surface area contributed by atoms with E-state index in [1.165, 1.54) is 6.92 Å².